The van der Waals surface area contributed by atoms with Crippen LogP contribution in [-0.4, -0.2) is 31.4 Å². The van der Waals surface area contributed by atoms with E-state index in [1.54, 1.807) is 6.07 Å². The third-order valence-electron chi connectivity index (χ3n) is 3.57. The van der Waals surface area contributed by atoms with Crippen molar-refractivity contribution in [2.45, 2.75) is 13.0 Å². The van der Waals surface area contributed by atoms with Gasteiger partial charge in [0.05, 0.1) is 6.26 Å². The maximum Gasteiger partial charge on any atom is 0.225 e. The maximum atomic E-state index is 13.7. The lowest BCUT2D eigenvalue weighted by atomic mass is 10.2. The molecule has 9 heteroatoms. The predicted octanol–water partition coefficient (Wildman–Crippen LogP) is 2.89. The number of halogens is 3. The molecule has 0 aliphatic carbocycles. The highest BCUT2D eigenvalue weighted by atomic mass is 32.2. The van der Waals surface area contributed by atoms with E-state index in [9.17, 15) is 26.4 Å². The number of rotatable bonds is 7. The van der Waals surface area contributed by atoms with Gasteiger partial charge in [0, 0.05) is 36.8 Å². The van der Waals surface area contributed by atoms with Crippen LogP contribution in [0.4, 0.5) is 18.9 Å². The Bertz CT molecular complexity index is 904. The van der Waals surface area contributed by atoms with Crippen molar-refractivity contribution in [2.75, 3.05) is 18.1 Å². The second kappa shape index (κ2) is 8.33. The molecule has 0 aliphatic rings. The number of sulfonamides is 1. The first-order valence-corrected chi connectivity index (χ1v) is 9.45. The van der Waals surface area contributed by atoms with Crippen LogP contribution in [0.15, 0.2) is 42.5 Å². The molecular weight excluding hydrogens is 369 g/mol. The fourth-order valence-corrected chi connectivity index (χ4v) is 3.00. The van der Waals surface area contributed by atoms with Crippen LogP contribution in [0.25, 0.3) is 0 Å². The minimum atomic E-state index is -3.68. The molecule has 0 heterocycles. The minimum absolute atomic E-state index is 0.0499. The van der Waals surface area contributed by atoms with Gasteiger partial charge in [-0.05, 0) is 18.2 Å². The van der Waals surface area contributed by atoms with E-state index in [1.165, 1.54) is 24.3 Å². The van der Waals surface area contributed by atoms with Crippen LogP contribution in [0.3, 0.4) is 0 Å². The molecule has 140 valence electrons. The van der Waals surface area contributed by atoms with E-state index in [2.05, 4.69) is 5.32 Å². The lowest BCUT2D eigenvalue weighted by Crippen LogP contribution is -2.33. The first kappa shape index (κ1) is 19.9. The molecule has 1 amide bonds. The van der Waals surface area contributed by atoms with E-state index in [0.29, 0.717) is 0 Å². The van der Waals surface area contributed by atoms with Crippen molar-refractivity contribution in [1.29, 1.82) is 0 Å². The van der Waals surface area contributed by atoms with Gasteiger partial charge in [-0.15, -0.1) is 0 Å². The van der Waals surface area contributed by atoms with Gasteiger partial charge >= 0.3 is 0 Å². The van der Waals surface area contributed by atoms with Crippen LogP contribution in [-0.2, 0) is 21.4 Å². The summed E-state index contributed by atoms with van der Waals surface area (Å²) in [6, 6.07) is 8.60. The zero-order valence-corrected chi connectivity index (χ0v) is 14.7. The maximum absolute atomic E-state index is 13.7. The summed E-state index contributed by atoms with van der Waals surface area (Å²) in [5, 5.41) is 2.35. The van der Waals surface area contributed by atoms with Crippen LogP contribution in [0.1, 0.15) is 12.0 Å². The van der Waals surface area contributed by atoms with Gasteiger partial charge in [0.1, 0.15) is 5.82 Å². The van der Waals surface area contributed by atoms with Gasteiger partial charge < -0.3 is 5.32 Å². The summed E-state index contributed by atoms with van der Waals surface area (Å²) in [5.41, 5.74) is 0.229. The summed E-state index contributed by atoms with van der Waals surface area (Å²) in [6.07, 6.45) is 0.724. The topological polar surface area (TPSA) is 66.5 Å². The number of carbonyl (C=O) groups excluding carboxylic acids is 1. The van der Waals surface area contributed by atoms with Crippen molar-refractivity contribution in [3.8, 4) is 0 Å². The molecule has 1 N–H and O–H groups in total. The van der Waals surface area contributed by atoms with Gasteiger partial charge in [-0.1, -0.05) is 18.2 Å². The van der Waals surface area contributed by atoms with Crippen LogP contribution < -0.4 is 5.32 Å². The number of hydrogen-bond donors (Lipinski definition) is 1. The molecule has 0 unspecified atom stereocenters. The molecule has 0 saturated carbocycles. The standard InChI is InChI=1S/C17H17F3N2O3S/c1-26(24,25)22(11-12-4-2-3-5-14(12)18)9-8-17(23)21-13-6-7-15(19)16(20)10-13/h2-7,10H,8-9,11H2,1H3,(H,21,23). The second-order valence-electron chi connectivity index (χ2n) is 5.62. The predicted molar refractivity (Wildman–Crippen MR) is 91.3 cm³/mol. The average Bonchev–Trinajstić information content (AvgIpc) is 2.55. The van der Waals surface area contributed by atoms with Crippen LogP contribution in [0.5, 0.6) is 0 Å². The Balaban J connectivity index is 2.01. The molecule has 0 aromatic heterocycles. The van der Waals surface area contributed by atoms with E-state index in [0.717, 1.165) is 22.7 Å². The molecule has 26 heavy (non-hydrogen) atoms. The SMILES string of the molecule is CS(=O)(=O)N(CCC(=O)Nc1ccc(F)c(F)c1)Cc1ccccc1F. The molecule has 0 atom stereocenters. The average molecular weight is 386 g/mol. The van der Waals surface area contributed by atoms with Crippen LogP contribution in [0, 0.1) is 17.5 Å². The third-order valence-corrected chi connectivity index (χ3v) is 4.81. The number of nitrogens with one attached hydrogen (secondary N) is 1. The molecule has 0 radical (unpaired) electrons. The number of benzene rings is 2. The van der Waals surface area contributed by atoms with Gasteiger partial charge in [-0.25, -0.2) is 21.6 Å². The molecule has 0 saturated heterocycles. The van der Waals surface area contributed by atoms with Crippen LogP contribution >= 0.6 is 0 Å². The van der Waals surface area contributed by atoms with Crippen molar-refractivity contribution in [1.82, 2.24) is 4.31 Å². The fourth-order valence-electron chi connectivity index (χ4n) is 2.20. The molecule has 0 spiro atoms. The normalized spacial score (nSPS) is 11.6. The monoisotopic (exact) mass is 386 g/mol. The number of hydrogen-bond acceptors (Lipinski definition) is 3. The molecule has 0 bridgehead atoms. The Labute approximate surface area is 149 Å². The van der Waals surface area contributed by atoms with Crippen molar-refractivity contribution < 1.29 is 26.4 Å². The Morgan fingerprint density at radius 3 is 2.35 bits per heavy atom. The lowest BCUT2D eigenvalue weighted by molar-refractivity contribution is -0.116. The smallest absolute Gasteiger partial charge is 0.225 e. The van der Waals surface area contributed by atoms with E-state index in [4.69, 9.17) is 0 Å². The minimum Gasteiger partial charge on any atom is -0.326 e. The second-order valence-corrected chi connectivity index (χ2v) is 7.60. The van der Waals surface area contributed by atoms with E-state index < -0.39 is 33.4 Å². The number of amides is 1. The summed E-state index contributed by atoms with van der Waals surface area (Å²) in [5.74, 6) is -3.29. The summed E-state index contributed by atoms with van der Waals surface area (Å²) in [6.45, 7) is -0.410. The van der Waals surface area contributed by atoms with Crippen molar-refractivity contribution in [3.05, 3.63) is 65.5 Å². The summed E-state index contributed by atoms with van der Waals surface area (Å²) < 4.78 is 64.5. The van der Waals surface area contributed by atoms with E-state index in [1.807, 2.05) is 0 Å². The Hall–Kier alpha value is -2.39. The number of carbonyl (C=O) groups is 1. The number of nitrogens with zero attached hydrogens (tertiary/aromatic N) is 1. The van der Waals surface area contributed by atoms with E-state index >= 15 is 0 Å². The van der Waals surface area contributed by atoms with Crippen molar-refractivity contribution in [2.24, 2.45) is 0 Å². The van der Waals surface area contributed by atoms with Gasteiger partial charge in [-0.3, -0.25) is 4.79 Å². The highest BCUT2D eigenvalue weighted by Crippen LogP contribution is 2.15. The van der Waals surface area contributed by atoms with E-state index in [-0.39, 0.29) is 30.8 Å². The van der Waals surface area contributed by atoms with Crippen LogP contribution in [0.2, 0.25) is 0 Å². The Morgan fingerprint density at radius 1 is 1.04 bits per heavy atom. The molecule has 5 nitrogen and oxygen atoms in total. The first-order chi connectivity index (χ1) is 12.2. The fraction of sp³-hybridized carbons (Fsp3) is 0.235. The molecule has 0 aliphatic heterocycles. The summed E-state index contributed by atoms with van der Waals surface area (Å²) in [4.78, 5) is 11.9. The van der Waals surface area contributed by atoms with Gasteiger partial charge in [0.15, 0.2) is 11.6 Å². The lowest BCUT2D eigenvalue weighted by Gasteiger charge is -2.20. The van der Waals surface area contributed by atoms with Gasteiger partial charge in [0.2, 0.25) is 15.9 Å². The Kier molecular flexibility index (Phi) is 6.38. The quantitative estimate of drug-likeness (QED) is 0.796. The largest absolute Gasteiger partial charge is 0.326 e. The molecular formula is C17H17F3N2O3S. The zero-order chi connectivity index (χ0) is 19.3. The summed E-state index contributed by atoms with van der Waals surface area (Å²) >= 11 is 0. The number of anilines is 1. The zero-order valence-electron chi connectivity index (χ0n) is 13.9. The summed E-state index contributed by atoms with van der Waals surface area (Å²) in [7, 11) is -3.68. The van der Waals surface area contributed by atoms with Crippen molar-refractivity contribution >= 4 is 21.6 Å². The molecule has 0 fully saturated rings. The highest BCUT2D eigenvalue weighted by molar-refractivity contribution is 7.88. The highest BCUT2D eigenvalue weighted by Gasteiger charge is 2.20. The van der Waals surface area contributed by atoms with Crippen molar-refractivity contribution in [3.63, 3.8) is 0 Å². The molecule has 2 aromatic carbocycles. The molecule has 2 rings (SSSR count). The molecule has 2 aromatic rings. The Morgan fingerprint density at radius 2 is 1.73 bits per heavy atom. The van der Waals surface area contributed by atoms with Gasteiger partial charge in [-0.2, -0.15) is 4.31 Å². The van der Waals surface area contributed by atoms with Gasteiger partial charge in [0.25, 0.3) is 0 Å². The third kappa shape index (κ3) is 5.57. The first-order valence-electron chi connectivity index (χ1n) is 7.60.